The van der Waals surface area contributed by atoms with Crippen LogP contribution >= 0.6 is 12.2 Å². The van der Waals surface area contributed by atoms with E-state index in [1.807, 2.05) is 36.2 Å². The quantitative estimate of drug-likeness (QED) is 0.466. The van der Waals surface area contributed by atoms with Crippen molar-refractivity contribution in [3.05, 3.63) is 47.6 Å². The average molecular weight is 396 g/mol. The van der Waals surface area contributed by atoms with Crippen LogP contribution in [-0.2, 0) is 19.6 Å². The van der Waals surface area contributed by atoms with E-state index in [1.165, 1.54) is 0 Å². The first-order valence-electron chi connectivity index (χ1n) is 7.59. The van der Waals surface area contributed by atoms with Crippen LogP contribution in [0.5, 0.6) is 5.75 Å². The van der Waals surface area contributed by atoms with Crippen LogP contribution in [0.1, 0.15) is 6.92 Å². The molecule has 1 N–H and O–H groups in total. The van der Waals surface area contributed by atoms with Crippen molar-refractivity contribution in [2.45, 2.75) is 6.92 Å². The van der Waals surface area contributed by atoms with Crippen molar-refractivity contribution in [2.24, 2.45) is 0 Å². The molecule has 2 aliphatic rings. The smallest absolute Gasteiger partial charge is 0.297 e. The molecule has 10 heteroatoms. The fraction of sp³-hybridized carbons (Fsp3) is 0.250. The van der Waals surface area contributed by atoms with Gasteiger partial charge >= 0.3 is 0 Å². The van der Waals surface area contributed by atoms with Gasteiger partial charge in [-0.1, -0.05) is 12.1 Å². The zero-order valence-corrected chi connectivity index (χ0v) is 15.6. The maximum Gasteiger partial charge on any atom is 0.297 e. The summed E-state index contributed by atoms with van der Waals surface area (Å²) in [5.74, 6) is 0.00599. The number of hydrogen-bond donors (Lipinski definition) is 1. The fourth-order valence-corrected chi connectivity index (χ4v) is 3.21. The third-order valence-corrected chi connectivity index (χ3v) is 4.89. The summed E-state index contributed by atoms with van der Waals surface area (Å²) in [5, 5.41) is -0.157. The topological polar surface area (TPSA) is 96.4 Å². The minimum absolute atomic E-state index is 0.00852. The van der Waals surface area contributed by atoms with Crippen LogP contribution in [0.4, 0.5) is 5.69 Å². The average Bonchev–Trinajstić information content (AvgIpc) is 3.02. The van der Waals surface area contributed by atoms with Gasteiger partial charge in [0, 0.05) is 25.2 Å². The fourth-order valence-electron chi connectivity index (χ4n) is 2.54. The lowest BCUT2D eigenvalue weighted by molar-refractivity contribution is -0.122. The second kappa shape index (κ2) is 6.71. The molecule has 0 aliphatic carbocycles. The van der Waals surface area contributed by atoms with E-state index >= 15 is 0 Å². The molecule has 2 heterocycles. The van der Waals surface area contributed by atoms with Crippen LogP contribution in [0.15, 0.2) is 47.6 Å². The molecule has 1 amide bonds. The Morgan fingerprint density at radius 1 is 1.31 bits per heavy atom. The Kier molecular flexibility index (Phi) is 4.74. The largest absolute Gasteiger partial charge is 0.439 e. The minimum atomic E-state index is -4.22. The number of thiocarbonyl (C=S) groups is 1. The molecule has 0 aromatic heterocycles. The van der Waals surface area contributed by atoms with Crippen molar-refractivity contribution in [1.29, 1.82) is 0 Å². The lowest BCUT2D eigenvalue weighted by atomic mass is 10.2. The summed E-state index contributed by atoms with van der Waals surface area (Å²) < 4.78 is 41.7. The van der Waals surface area contributed by atoms with E-state index in [0.29, 0.717) is 17.2 Å². The zero-order chi connectivity index (χ0) is 19.1. The highest BCUT2D eigenvalue weighted by atomic mass is 32.2. The number of ether oxygens (including phenoxy) is 2. The SMILES string of the molecule is CC(C=C1Oc2ccccc2N1C)=C1OC(=S)N(CCS(=O)(=O)O)C1=O. The normalized spacial score (nSPS) is 20.3. The van der Waals surface area contributed by atoms with Gasteiger partial charge in [0.1, 0.15) is 0 Å². The monoisotopic (exact) mass is 396 g/mol. The highest BCUT2D eigenvalue weighted by Crippen LogP contribution is 2.38. The molecule has 0 bridgehead atoms. The van der Waals surface area contributed by atoms with Crippen molar-refractivity contribution in [2.75, 3.05) is 24.2 Å². The standard InChI is InChI=1S/C16H16N2O6S2/c1-10(9-13-17(2)11-5-3-4-6-12(11)23-13)14-15(19)18(16(25)24-14)7-8-26(20,21)22/h3-6,9H,7-8H2,1-2H3,(H,20,21,22). The van der Waals surface area contributed by atoms with E-state index in [1.54, 1.807) is 13.0 Å². The molecule has 1 saturated heterocycles. The summed E-state index contributed by atoms with van der Waals surface area (Å²) >= 11 is 4.97. The molecular formula is C16H16N2O6S2. The van der Waals surface area contributed by atoms with Crippen LogP contribution in [-0.4, -0.2) is 48.3 Å². The van der Waals surface area contributed by atoms with Crippen LogP contribution in [0.2, 0.25) is 0 Å². The molecule has 26 heavy (non-hydrogen) atoms. The first-order chi connectivity index (χ1) is 12.2. The predicted molar refractivity (Wildman–Crippen MR) is 98.1 cm³/mol. The number of carbonyl (C=O) groups is 1. The number of carbonyl (C=O) groups excluding carboxylic acids is 1. The Morgan fingerprint density at radius 2 is 2.00 bits per heavy atom. The number of allylic oxidation sites excluding steroid dienone is 2. The van der Waals surface area contributed by atoms with Crippen molar-refractivity contribution in [1.82, 2.24) is 4.90 Å². The van der Waals surface area contributed by atoms with E-state index in [-0.39, 0.29) is 17.5 Å². The molecule has 1 aromatic carbocycles. The Morgan fingerprint density at radius 3 is 2.65 bits per heavy atom. The summed E-state index contributed by atoms with van der Waals surface area (Å²) in [6.07, 6.45) is 1.64. The molecule has 8 nitrogen and oxygen atoms in total. The number of rotatable bonds is 4. The molecule has 1 aromatic rings. The van der Waals surface area contributed by atoms with Gasteiger partial charge in [-0.15, -0.1) is 0 Å². The lowest BCUT2D eigenvalue weighted by Gasteiger charge is -2.11. The molecule has 0 saturated carbocycles. The number of anilines is 1. The van der Waals surface area contributed by atoms with Gasteiger partial charge in [-0.2, -0.15) is 8.42 Å². The molecular weight excluding hydrogens is 380 g/mol. The first-order valence-corrected chi connectivity index (χ1v) is 9.61. The van der Waals surface area contributed by atoms with Gasteiger partial charge < -0.3 is 14.4 Å². The van der Waals surface area contributed by atoms with Crippen molar-refractivity contribution >= 4 is 39.1 Å². The molecule has 0 radical (unpaired) electrons. The second-order valence-corrected chi connectivity index (χ2v) is 7.66. The van der Waals surface area contributed by atoms with Gasteiger partial charge in [0.25, 0.3) is 21.2 Å². The number of amides is 1. The highest BCUT2D eigenvalue weighted by Gasteiger charge is 2.35. The molecule has 1 fully saturated rings. The number of fused-ring (bicyclic) bond motifs is 1. The van der Waals surface area contributed by atoms with E-state index in [4.69, 9.17) is 26.2 Å². The highest BCUT2D eigenvalue weighted by molar-refractivity contribution is 7.85. The predicted octanol–water partition coefficient (Wildman–Crippen LogP) is 1.66. The number of nitrogens with zero attached hydrogens (tertiary/aromatic N) is 2. The second-order valence-electron chi connectivity index (χ2n) is 5.73. The molecule has 0 atom stereocenters. The van der Waals surface area contributed by atoms with Crippen LogP contribution in [0.25, 0.3) is 0 Å². The summed E-state index contributed by atoms with van der Waals surface area (Å²) in [6.45, 7) is 1.38. The van der Waals surface area contributed by atoms with Crippen molar-refractivity contribution in [3.63, 3.8) is 0 Å². The maximum atomic E-state index is 12.4. The van der Waals surface area contributed by atoms with Crippen LogP contribution < -0.4 is 9.64 Å². The van der Waals surface area contributed by atoms with Gasteiger partial charge in [-0.05, 0) is 31.3 Å². The van der Waals surface area contributed by atoms with Crippen LogP contribution in [0, 0.1) is 0 Å². The van der Waals surface area contributed by atoms with Gasteiger partial charge in [0.15, 0.2) is 11.5 Å². The summed E-state index contributed by atoms with van der Waals surface area (Å²) in [5.41, 5.74) is 1.36. The van der Waals surface area contributed by atoms with Gasteiger partial charge in [0.05, 0.1) is 11.4 Å². The summed E-state index contributed by atoms with van der Waals surface area (Å²) in [6, 6.07) is 7.48. The van der Waals surface area contributed by atoms with Crippen molar-refractivity contribution in [3.8, 4) is 5.75 Å². The Bertz CT molecular complexity index is 951. The van der Waals surface area contributed by atoms with Gasteiger partial charge in [0.2, 0.25) is 5.88 Å². The molecule has 138 valence electrons. The molecule has 2 aliphatic heterocycles. The maximum absolute atomic E-state index is 12.4. The molecule has 3 rings (SSSR count). The Labute approximate surface area is 156 Å². The number of benzene rings is 1. The van der Waals surface area contributed by atoms with E-state index < -0.39 is 21.8 Å². The summed E-state index contributed by atoms with van der Waals surface area (Å²) in [7, 11) is -2.39. The number of hydrogen-bond acceptors (Lipinski definition) is 7. The Balaban J connectivity index is 1.83. The lowest BCUT2D eigenvalue weighted by Crippen LogP contribution is -2.33. The van der Waals surface area contributed by atoms with Crippen molar-refractivity contribution < 1.29 is 27.2 Å². The van der Waals surface area contributed by atoms with Gasteiger partial charge in [-0.3, -0.25) is 14.2 Å². The third-order valence-electron chi connectivity index (χ3n) is 3.89. The molecule has 0 spiro atoms. The molecule has 0 unspecified atom stereocenters. The van der Waals surface area contributed by atoms with E-state index in [2.05, 4.69) is 0 Å². The summed E-state index contributed by atoms with van der Waals surface area (Å²) in [4.78, 5) is 15.3. The van der Waals surface area contributed by atoms with E-state index in [9.17, 15) is 13.2 Å². The van der Waals surface area contributed by atoms with Crippen LogP contribution in [0.3, 0.4) is 0 Å². The van der Waals surface area contributed by atoms with E-state index in [0.717, 1.165) is 10.6 Å². The Hall–Kier alpha value is -2.43. The third kappa shape index (κ3) is 3.57. The van der Waals surface area contributed by atoms with Gasteiger partial charge in [-0.25, -0.2) is 0 Å². The zero-order valence-electron chi connectivity index (χ0n) is 14.0. The minimum Gasteiger partial charge on any atom is -0.439 e. The number of para-hydroxylation sites is 2. The first kappa shape index (κ1) is 18.4.